The molecule has 1 aliphatic heterocycles. The number of urea groups is 1. The number of carboxylic acids is 1. The summed E-state index contributed by atoms with van der Waals surface area (Å²) in [5.41, 5.74) is -1.26. The molecule has 20 heavy (non-hydrogen) atoms. The molecule has 2 amide bonds. The summed E-state index contributed by atoms with van der Waals surface area (Å²) in [6.07, 6.45) is 2.02. The first-order valence-corrected chi connectivity index (χ1v) is 6.23. The number of carbonyl (C=O) groups excluding carboxylic acids is 1. The monoisotopic (exact) mass is 283 g/mol. The fraction of sp³-hybridized carbons (Fsp3) is 0.636. The summed E-state index contributed by atoms with van der Waals surface area (Å²) < 4.78 is 6.65. The number of ether oxygens (including phenoxy) is 1. The molecule has 2 heterocycles. The van der Waals surface area contributed by atoms with Gasteiger partial charge in [0.2, 0.25) is 0 Å². The summed E-state index contributed by atoms with van der Waals surface area (Å²) in [7, 11) is 1.72. The Labute approximate surface area is 115 Å². The second-order valence-corrected chi connectivity index (χ2v) is 4.64. The van der Waals surface area contributed by atoms with Crippen molar-refractivity contribution in [3.63, 3.8) is 0 Å². The summed E-state index contributed by atoms with van der Waals surface area (Å²) in [4.78, 5) is 27.1. The number of nitrogens with zero attached hydrogens (tertiary/aromatic N) is 3. The van der Waals surface area contributed by atoms with Gasteiger partial charge in [0.25, 0.3) is 0 Å². The number of aromatic nitrogens is 3. The van der Waals surface area contributed by atoms with Gasteiger partial charge in [-0.15, -0.1) is 0 Å². The number of aliphatic carboxylic acids is 1. The highest BCUT2D eigenvalue weighted by molar-refractivity contribution is 5.86. The number of hydrogen-bond acceptors (Lipinski definition) is 5. The Hall–Kier alpha value is -2.16. The fourth-order valence-corrected chi connectivity index (χ4v) is 2.00. The van der Waals surface area contributed by atoms with Crippen LogP contribution in [0.4, 0.5) is 4.79 Å². The average molecular weight is 283 g/mol. The number of amides is 2. The fourth-order valence-electron chi connectivity index (χ4n) is 2.00. The van der Waals surface area contributed by atoms with Gasteiger partial charge < -0.3 is 20.5 Å². The molecule has 0 atom stereocenters. The third-order valence-electron chi connectivity index (χ3n) is 3.16. The molecule has 1 saturated heterocycles. The van der Waals surface area contributed by atoms with E-state index in [1.54, 1.807) is 7.05 Å². The minimum atomic E-state index is -1.26. The summed E-state index contributed by atoms with van der Waals surface area (Å²) in [5.74, 6) is -0.592. The Bertz CT molecular complexity index is 495. The standard InChI is InChI=1S/C11H17N5O4/c1-16-7-13-8(15-16)6-12-10(19)14-11(9(17)18)2-4-20-5-3-11/h7H,2-6H2,1H3,(H,17,18)(H2,12,14,19). The first-order valence-electron chi connectivity index (χ1n) is 6.23. The van der Waals surface area contributed by atoms with Crippen LogP contribution >= 0.6 is 0 Å². The first kappa shape index (κ1) is 14.3. The number of rotatable bonds is 4. The van der Waals surface area contributed by atoms with Gasteiger partial charge in [-0.1, -0.05) is 0 Å². The zero-order valence-corrected chi connectivity index (χ0v) is 11.1. The van der Waals surface area contributed by atoms with Gasteiger partial charge in [0.15, 0.2) is 5.82 Å². The number of nitrogens with one attached hydrogen (secondary N) is 2. The molecule has 3 N–H and O–H groups in total. The predicted molar refractivity (Wildman–Crippen MR) is 66.8 cm³/mol. The van der Waals surface area contributed by atoms with Crippen molar-refractivity contribution in [3.05, 3.63) is 12.2 Å². The van der Waals surface area contributed by atoms with Gasteiger partial charge in [-0.2, -0.15) is 5.10 Å². The molecule has 9 nitrogen and oxygen atoms in total. The normalized spacial score (nSPS) is 17.4. The van der Waals surface area contributed by atoms with Crippen LogP contribution in [0.25, 0.3) is 0 Å². The zero-order chi connectivity index (χ0) is 14.6. The van der Waals surface area contributed by atoms with E-state index in [1.807, 2.05) is 0 Å². The molecule has 1 aliphatic rings. The topological polar surface area (TPSA) is 118 Å². The Kier molecular flexibility index (Phi) is 4.18. The van der Waals surface area contributed by atoms with Crippen LogP contribution < -0.4 is 10.6 Å². The molecule has 9 heteroatoms. The predicted octanol–water partition coefficient (Wildman–Crippen LogP) is -0.752. The Morgan fingerprint density at radius 3 is 2.75 bits per heavy atom. The van der Waals surface area contributed by atoms with E-state index < -0.39 is 17.5 Å². The summed E-state index contributed by atoms with van der Waals surface area (Å²) >= 11 is 0. The van der Waals surface area contributed by atoms with E-state index in [0.29, 0.717) is 19.0 Å². The van der Waals surface area contributed by atoms with E-state index in [2.05, 4.69) is 20.7 Å². The van der Waals surface area contributed by atoms with Crippen LogP contribution in [0.3, 0.4) is 0 Å². The van der Waals surface area contributed by atoms with Gasteiger partial charge in [-0.25, -0.2) is 14.6 Å². The third-order valence-corrected chi connectivity index (χ3v) is 3.16. The van der Waals surface area contributed by atoms with Crippen molar-refractivity contribution in [1.82, 2.24) is 25.4 Å². The molecule has 110 valence electrons. The SMILES string of the molecule is Cn1cnc(CNC(=O)NC2(C(=O)O)CCOCC2)n1. The van der Waals surface area contributed by atoms with Crippen molar-refractivity contribution in [2.45, 2.75) is 24.9 Å². The molecular formula is C11H17N5O4. The molecule has 0 radical (unpaired) electrons. The lowest BCUT2D eigenvalue weighted by molar-refractivity contribution is -0.148. The molecule has 0 bridgehead atoms. The first-order chi connectivity index (χ1) is 9.52. The van der Waals surface area contributed by atoms with Crippen molar-refractivity contribution >= 4 is 12.0 Å². The number of aryl methyl sites for hydroxylation is 1. The Balaban J connectivity index is 1.90. The van der Waals surface area contributed by atoms with Crippen molar-refractivity contribution in [1.29, 1.82) is 0 Å². The van der Waals surface area contributed by atoms with Crippen molar-refractivity contribution in [3.8, 4) is 0 Å². The Morgan fingerprint density at radius 1 is 1.50 bits per heavy atom. The molecule has 0 aromatic carbocycles. The molecule has 1 aromatic heterocycles. The summed E-state index contributed by atoms with van der Waals surface area (Å²) in [6.45, 7) is 0.766. The van der Waals surface area contributed by atoms with Crippen LogP contribution in [0.2, 0.25) is 0 Å². The largest absolute Gasteiger partial charge is 0.480 e. The zero-order valence-electron chi connectivity index (χ0n) is 11.1. The average Bonchev–Trinajstić information content (AvgIpc) is 2.83. The van der Waals surface area contributed by atoms with Gasteiger partial charge in [0.05, 0.1) is 6.54 Å². The maximum atomic E-state index is 11.8. The van der Waals surface area contributed by atoms with E-state index in [-0.39, 0.29) is 19.4 Å². The molecule has 0 unspecified atom stereocenters. The van der Waals surface area contributed by atoms with Gasteiger partial charge in [0, 0.05) is 33.1 Å². The minimum Gasteiger partial charge on any atom is -0.480 e. The maximum absolute atomic E-state index is 11.8. The third kappa shape index (κ3) is 3.23. The van der Waals surface area contributed by atoms with E-state index in [4.69, 9.17) is 4.74 Å². The van der Waals surface area contributed by atoms with Gasteiger partial charge in [-0.3, -0.25) is 4.68 Å². The van der Waals surface area contributed by atoms with E-state index in [9.17, 15) is 14.7 Å². The minimum absolute atomic E-state index is 0.138. The van der Waals surface area contributed by atoms with Crippen LogP contribution in [-0.4, -0.2) is 50.6 Å². The van der Waals surface area contributed by atoms with Crippen molar-refractivity contribution in [2.75, 3.05) is 13.2 Å². The van der Waals surface area contributed by atoms with Crippen molar-refractivity contribution in [2.24, 2.45) is 7.05 Å². The van der Waals surface area contributed by atoms with Gasteiger partial charge in [-0.05, 0) is 0 Å². The second kappa shape index (κ2) is 5.87. The van der Waals surface area contributed by atoms with Gasteiger partial charge >= 0.3 is 12.0 Å². The molecule has 2 rings (SSSR count). The molecule has 1 fully saturated rings. The lowest BCUT2D eigenvalue weighted by Crippen LogP contribution is -2.59. The quantitative estimate of drug-likeness (QED) is 0.669. The lowest BCUT2D eigenvalue weighted by atomic mass is 9.90. The smallest absolute Gasteiger partial charge is 0.329 e. The van der Waals surface area contributed by atoms with Crippen LogP contribution in [-0.2, 0) is 23.1 Å². The van der Waals surface area contributed by atoms with Gasteiger partial charge in [0.1, 0.15) is 11.9 Å². The lowest BCUT2D eigenvalue weighted by Gasteiger charge is -2.33. The number of carbonyl (C=O) groups is 2. The van der Waals surface area contributed by atoms with Crippen molar-refractivity contribution < 1.29 is 19.4 Å². The summed E-state index contributed by atoms with van der Waals surface area (Å²) in [5, 5.41) is 18.4. The number of carboxylic acid groups (broad SMARTS) is 1. The van der Waals surface area contributed by atoms with E-state index in [0.717, 1.165) is 0 Å². The van der Waals surface area contributed by atoms with E-state index >= 15 is 0 Å². The van der Waals surface area contributed by atoms with Crippen LogP contribution in [0, 0.1) is 0 Å². The highest BCUT2D eigenvalue weighted by atomic mass is 16.5. The molecular weight excluding hydrogens is 266 g/mol. The molecule has 0 saturated carbocycles. The number of hydrogen-bond donors (Lipinski definition) is 3. The maximum Gasteiger partial charge on any atom is 0.329 e. The van der Waals surface area contributed by atoms with Crippen LogP contribution in [0.5, 0.6) is 0 Å². The highest BCUT2D eigenvalue weighted by Crippen LogP contribution is 2.20. The molecule has 0 spiro atoms. The summed E-state index contributed by atoms with van der Waals surface area (Å²) in [6, 6.07) is -0.554. The molecule has 1 aromatic rings. The van der Waals surface area contributed by atoms with E-state index in [1.165, 1.54) is 11.0 Å². The van der Waals surface area contributed by atoms with Crippen LogP contribution in [0.15, 0.2) is 6.33 Å². The molecule has 0 aliphatic carbocycles. The van der Waals surface area contributed by atoms with Crippen LogP contribution in [0.1, 0.15) is 18.7 Å². The highest BCUT2D eigenvalue weighted by Gasteiger charge is 2.41. The second-order valence-electron chi connectivity index (χ2n) is 4.64. The Morgan fingerprint density at radius 2 is 2.20 bits per heavy atom.